The number of hydrogen-bond donors (Lipinski definition) is 0. The van der Waals surface area contributed by atoms with Crippen LogP contribution >= 0.6 is 0 Å². The van der Waals surface area contributed by atoms with Gasteiger partial charge in [-0.05, 0) is 148 Å². The van der Waals surface area contributed by atoms with Crippen LogP contribution in [0, 0.1) is 0 Å². The third-order valence-corrected chi connectivity index (χ3v) is 13.1. The summed E-state index contributed by atoms with van der Waals surface area (Å²) in [6, 6.07) is 0. The molecule has 0 heterocycles. The molecule has 0 bridgehead atoms. The van der Waals surface area contributed by atoms with Crippen molar-refractivity contribution in [3.8, 4) is 0 Å². The maximum atomic E-state index is 12.9. The molecule has 0 aromatic heterocycles. The number of unbranched alkanes of at least 4 members (excludes halogenated alkanes) is 14. The summed E-state index contributed by atoms with van der Waals surface area (Å²) in [6.07, 6.45) is 105. The number of esters is 3. The van der Waals surface area contributed by atoms with Crippen LogP contribution < -0.4 is 0 Å². The Morgan fingerprint density at radius 2 is 0.458 bits per heavy atom. The highest BCUT2D eigenvalue weighted by Gasteiger charge is 2.19. The molecule has 0 saturated carbocycles. The summed E-state index contributed by atoms with van der Waals surface area (Å²) >= 11 is 0. The smallest absolute Gasteiger partial charge is 0.306 e. The molecular weight excluding hydrogens is 1020 g/mol. The van der Waals surface area contributed by atoms with Crippen molar-refractivity contribution in [2.45, 2.75) is 258 Å². The minimum Gasteiger partial charge on any atom is -0.462 e. The number of allylic oxidation sites excluding steroid dienone is 32. The van der Waals surface area contributed by atoms with Crippen molar-refractivity contribution in [1.82, 2.24) is 0 Å². The maximum absolute atomic E-state index is 12.9. The van der Waals surface area contributed by atoms with Crippen LogP contribution in [0.15, 0.2) is 194 Å². The van der Waals surface area contributed by atoms with E-state index >= 15 is 0 Å². The van der Waals surface area contributed by atoms with Gasteiger partial charge in [-0.25, -0.2) is 0 Å². The topological polar surface area (TPSA) is 78.9 Å². The highest BCUT2D eigenvalue weighted by Crippen LogP contribution is 2.14. The van der Waals surface area contributed by atoms with E-state index in [0.29, 0.717) is 19.3 Å². The lowest BCUT2D eigenvalue weighted by Gasteiger charge is -2.18. The van der Waals surface area contributed by atoms with E-state index in [9.17, 15) is 14.4 Å². The van der Waals surface area contributed by atoms with Gasteiger partial charge in [0.1, 0.15) is 13.2 Å². The van der Waals surface area contributed by atoms with E-state index in [1.807, 2.05) is 12.2 Å². The van der Waals surface area contributed by atoms with Crippen molar-refractivity contribution in [2.75, 3.05) is 13.2 Å². The monoisotopic (exact) mass is 1140 g/mol. The van der Waals surface area contributed by atoms with Gasteiger partial charge < -0.3 is 14.2 Å². The number of rotatable bonds is 57. The molecule has 0 radical (unpaired) electrons. The van der Waals surface area contributed by atoms with Gasteiger partial charge in [-0.15, -0.1) is 0 Å². The Hall–Kier alpha value is -5.75. The van der Waals surface area contributed by atoms with Crippen molar-refractivity contribution in [1.29, 1.82) is 0 Å². The van der Waals surface area contributed by atoms with E-state index in [1.165, 1.54) is 64.2 Å². The molecule has 6 heteroatoms. The van der Waals surface area contributed by atoms with Crippen LogP contribution in [0.3, 0.4) is 0 Å². The Labute approximate surface area is 509 Å². The summed E-state index contributed by atoms with van der Waals surface area (Å²) in [5, 5.41) is 0. The van der Waals surface area contributed by atoms with Crippen molar-refractivity contribution in [3.05, 3.63) is 194 Å². The Morgan fingerprint density at radius 1 is 0.241 bits per heavy atom. The van der Waals surface area contributed by atoms with E-state index in [1.54, 1.807) is 0 Å². The van der Waals surface area contributed by atoms with Gasteiger partial charge in [-0.3, -0.25) is 14.4 Å². The quantitative estimate of drug-likeness (QED) is 0.0261. The van der Waals surface area contributed by atoms with Gasteiger partial charge in [-0.1, -0.05) is 279 Å². The van der Waals surface area contributed by atoms with Crippen molar-refractivity contribution < 1.29 is 28.6 Å². The molecule has 83 heavy (non-hydrogen) atoms. The molecule has 6 nitrogen and oxygen atoms in total. The van der Waals surface area contributed by atoms with Crippen molar-refractivity contribution >= 4 is 17.9 Å². The molecule has 0 aliphatic carbocycles. The summed E-state index contributed by atoms with van der Waals surface area (Å²) in [7, 11) is 0. The van der Waals surface area contributed by atoms with Crippen LogP contribution in [0.25, 0.3) is 0 Å². The Balaban J connectivity index is 4.44. The van der Waals surface area contributed by atoms with Crippen LogP contribution in [0.2, 0.25) is 0 Å². The first-order chi connectivity index (χ1) is 41.0. The van der Waals surface area contributed by atoms with Gasteiger partial charge in [0.15, 0.2) is 6.10 Å². The fraction of sp³-hybridized carbons (Fsp3) is 0.545. The van der Waals surface area contributed by atoms with Gasteiger partial charge in [-0.2, -0.15) is 0 Å². The van der Waals surface area contributed by atoms with E-state index in [-0.39, 0.29) is 38.0 Å². The number of carbonyl (C=O) groups excluding carboxylic acids is 3. The summed E-state index contributed by atoms with van der Waals surface area (Å²) in [5.74, 6) is -1.07. The second-order valence-corrected chi connectivity index (χ2v) is 20.9. The predicted molar refractivity (Wildman–Crippen MR) is 361 cm³/mol. The van der Waals surface area contributed by atoms with Gasteiger partial charge >= 0.3 is 17.9 Å². The first-order valence-electron chi connectivity index (χ1n) is 32.9. The lowest BCUT2D eigenvalue weighted by molar-refractivity contribution is -0.166. The number of carbonyl (C=O) groups is 3. The van der Waals surface area contributed by atoms with Crippen LogP contribution in [-0.4, -0.2) is 37.2 Å². The molecule has 0 amide bonds. The average molecular weight is 1140 g/mol. The summed E-state index contributed by atoms with van der Waals surface area (Å²) in [4.78, 5) is 38.3. The van der Waals surface area contributed by atoms with Gasteiger partial charge in [0.25, 0.3) is 0 Å². The lowest BCUT2D eigenvalue weighted by atomic mass is 10.0. The normalized spacial score (nSPS) is 13.4. The zero-order chi connectivity index (χ0) is 59.9. The molecule has 0 rings (SSSR count). The third kappa shape index (κ3) is 66.9. The minimum absolute atomic E-state index is 0.132. The average Bonchev–Trinajstić information content (AvgIpc) is 3.49. The Morgan fingerprint density at radius 3 is 0.747 bits per heavy atom. The fourth-order valence-electron chi connectivity index (χ4n) is 8.29. The lowest BCUT2D eigenvalue weighted by Crippen LogP contribution is -2.30. The van der Waals surface area contributed by atoms with Crippen molar-refractivity contribution in [3.63, 3.8) is 0 Å². The predicted octanol–water partition coefficient (Wildman–Crippen LogP) is 23.0. The van der Waals surface area contributed by atoms with Gasteiger partial charge in [0.2, 0.25) is 0 Å². The highest BCUT2D eigenvalue weighted by atomic mass is 16.6. The standard InChI is InChI=1S/C77H118O6/c1-4-7-10-13-16-19-22-25-28-30-32-33-34-35-36-37-38-39-40-41-42-43-45-46-49-52-55-58-61-64-67-70-76(79)82-73-74(72-81-75(78)69-66-63-60-57-54-51-48-27-24-21-18-15-12-9-6-3)83-77(80)71-68-65-62-59-56-53-50-47-44-31-29-26-23-20-17-14-11-8-5-2/h7-12,16-21,25-29,32-33,35-36,38-39,44,47-48,53-54,56-57,62,65,74H,4-6,13-15,22-24,30-31,34,37,40-43,45-46,49-52,55,58-61,63-64,66-73H2,1-3H3/b10-7-,11-8-,12-9-,19-16-,20-17-,21-18-,28-25-,29-26-,33-32-,36-35-,39-38-,47-44-,48-27-,56-53-,57-54-,65-62-. The molecule has 0 N–H and O–H groups in total. The van der Waals surface area contributed by atoms with Gasteiger partial charge in [0.05, 0.1) is 0 Å². The van der Waals surface area contributed by atoms with E-state index in [4.69, 9.17) is 14.2 Å². The molecule has 0 spiro atoms. The molecule has 0 saturated heterocycles. The Bertz CT molecular complexity index is 1990. The summed E-state index contributed by atoms with van der Waals surface area (Å²) in [5.41, 5.74) is 0. The minimum atomic E-state index is -0.849. The molecule has 1 atom stereocenters. The van der Waals surface area contributed by atoms with Crippen molar-refractivity contribution in [2.24, 2.45) is 0 Å². The van der Waals surface area contributed by atoms with E-state index in [2.05, 4.69) is 203 Å². The van der Waals surface area contributed by atoms with Crippen LogP contribution in [0.5, 0.6) is 0 Å². The molecular formula is C77H118O6. The maximum Gasteiger partial charge on any atom is 0.306 e. The first kappa shape index (κ1) is 77.2. The zero-order valence-electron chi connectivity index (χ0n) is 52.9. The third-order valence-electron chi connectivity index (χ3n) is 13.1. The first-order valence-corrected chi connectivity index (χ1v) is 32.9. The molecule has 462 valence electrons. The second-order valence-electron chi connectivity index (χ2n) is 20.9. The largest absolute Gasteiger partial charge is 0.462 e. The SMILES string of the molecule is CC/C=C\C/C=C\C/C=C\C/C=C\C/C=C\C/C=C\CCCCCCCCCCCCCCC(=O)OCC(COC(=O)CCCC/C=C\C/C=C\C/C=C\C/C=C\CC)OC(=O)CC/C=C\C/C=C\C/C=C\C/C=C\C/C=C\C/C=C\CC. The number of ether oxygens (including phenoxy) is 3. The molecule has 0 fully saturated rings. The van der Waals surface area contributed by atoms with Crippen LogP contribution in [0.1, 0.15) is 252 Å². The molecule has 0 aliphatic heterocycles. The highest BCUT2D eigenvalue weighted by molar-refractivity contribution is 5.71. The molecule has 0 aromatic carbocycles. The molecule has 1 unspecified atom stereocenters. The fourth-order valence-corrected chi connectivity index (χ4v) is 8.29. The zero-order valence-corrected chi connectivity index (χ0v) is 52.9. The molecule has 0 aromatic rings. The molecule has 0 aliphatic rings. The second kappa shape index (κ2) is 68.7. The van der Waals surface area contributed by atoms with Crippen LogP contribution in [-0.2, 0) is 28.6 Å². The van der Waals surface area contributed by atoms with E-state index in [0.717, 1.165) is 135 Å². The van der Waals surface area contributed by atoms with E-state index < -0.39 is 12.1 Å². The van der Waals surface area contributed by atoms with Gasteiger partial charge in [0, 0.05) is 19.3 Å². The van der Waals surface area contributed by atoms with Crippen LogP contribution in [0.4, 0.5) is 0 Å². The summed E-state index contributed by atoms with van der Waals surface area (Å²) < 4.78 is 16.8. The summed E-state index contributed by atoms with van der Waals surface area (Å²) in [6.45, 7) is 6.19. The number of hydrogen-bond acceptors (Lipinski definition) is 6. The Kier molecular flexibility index (Phi) is 64.0.